The van der Waals surface area contributed by atoms with E-state index in [0.29, 0.717) is 12.8 Å². The fourth-order valence-corrected chi connectivity index (χ4v) is 0.777. The molecule has 1 N–H and O–H groups in total. The van der Waals surface area contributed by atoms with Crippen molar-refractivity contribution in [2.75, 3.05) is 0 Å². The number of imide groups is 1. The Morgan fingerprint density at radius 2 is 1.79 bits per heavy atom. The molecular weight excluding hydrogens is 186 g/mol. The first-order valence-electron chi connectivity index (χ1n) is 4.59. The molecule has 14 heavy (non-hydrogen) atoms. The van der Waals surface area contributed by atoms with E-state index >= 15 is 0 Å². The van der Waals surface area contributed by atoms with E-state index < -0.39 is 17.6 Å². The van der Waals surface area contributed by atoms with Crippen molar-refractivity contribution < 1.29 is 19.5 Å². The van der Waals surface area contributed by atoms with Crippen LogP contribution >= 0.6 is 0 Å². The predicted molar refractivity (Wildman–Crippen MR) is 49.8 cm³/mol. The minimum Gasteiger partial charge on any atom is -0.441 e. The van der Waals surface area contributed by atoms with Crippen LogP contribution in [0.25, 0.3) is 0 Å². The number of hydrogen-bond donors (Lipinski definition) is 1. The van der Waals surface area contributed by atoms with Gasteiger partial charge >= 0.3 is 6.09 Å². The third-order valence-electron chi connectivity index (χ3n) is 2.30. The zero-order chi connectivity index (χ0) is 11.4. The lowest BCUT2D eigenvalue weighted by molar-refractivity contribution is -0.158. The van der Waals surface area contributed by atoms with Gasteiger partial charge in [0.05, 0.1) is 0 Å². The minimum atomic E-state index is -1.02. The Kier molecular flexibility index (Phi) is 4.56. The number of carbonyl (C=O) groups excluding carboxylic acids is 2. The van der Waals surface area contributed by atoms with Crippen LogP contribution in [0.15, 0.2) is 0 Å². The van der Waals surface area contributed by atoms with Crippen molar-refractivity contribution in [2.24, 2.45) is 0 Å². The van der Waals surface area contributed by atoms with E-state index in [0.717, 1.165) is 6.92 Å². The number of amides is 2. The lowest BCUT2D eigenvalue weighted by Gasteiger charge is -2.27. The zero-order valence-corrected chi connectivity index (χ0v) is 9.03. The largest absolute Gasteiger partial charge is 0.441 e. The Morgan fingerprint density at radius 1 is 1.36 bits per heavy atom. The number of ether oxygens (including phenoxy) is 1. The van der Waals surface area contributed by atoms with E-state index in [9.17, 15) is 9.59 Å². The molecule has 2 amide bonds. The number of nitrogens with zero attached hydrogens (tertiary/aromatic N) is 1. The average Bonchev–Trinajstić information content (AvgIpc) is 2.16. The first kappa shape index (κ1) is 12.9. The molecule has 0 fully saturated rings. The molecule has 0 unspecified atom stereocenters. The fraction of sp³-hybridized carbons (Fsp3) is 0.778. The van der Waals surface area contributed by atoms with Gasteiger partial charge in [-0.3, -0.25) is 10.0 Å². The fourth-order valence-electron chi connectivity index (χ4n) is 0.777. The van der Waals surface area contributed by atoms with Crippen molar-refractivity contribution in [1.29, 1.82) is 0 Å². The van der Waals surface area contributed by atoms with E-state index in [1.54, 1.807) is 6.92 Å². The van der Waals surface area contributed by atoms with Crippen LogP contribution < -0.4 is 0 Å². The average molecular weight is 203 g/mol. The van der Waals surface area contributed by atoms with E-state index in [4.69, 9.17) is 9.94 Å². The highest BCUT2D eigenvalue weighted by Crippen LogP contribution is 2.20. The molecule has 0 saturated heterocycles. The Labute approximate surface area is 83.6 Å². The number of hydroxylamine groups is 2. The number of hydrogen-bond acceptors (Lipinski definition) is 4. The molecule has 0 saturated carbocycles. The molecule has 5 nitrogen and oxygen atoms in total. The van der Waals surface area contributed by atoms with Crippen molar-refractivity contribution in [2.45, 2.75) is 46.1 Å². The van der Waals surface area contributed by atoms with Crippen LogP contribution in [0, 0.1) is 0 Å². The van der Waals surface area contributed by atoms with Gasteiger partial charge < -0.3 is 4.74 Å². The summed E-state index contributed by atoms with van der Waals surface area (Å²) in [5, 5.41) is 8.93. The standard InChI is InChI=1S/C9H17NO4/c1-5-9(4,6-2)14-8(12)10(13)7(3)11/h13H,5-6H2,1-4H3. The minimum absolute atomic E-state index is 0.0242. The van der Waals surface area contributed by atoms with Gasteiger partial charge in [-0.25, -0.2) is 4.79 Å². The Bertz CT molecular complexity index is 223. The van der Waals surface area contributed by atoms with Crippen molar-refractivity contribution in [3.05, 3.63) is 0 Å². The molecule has 0 aliphatic heterocycles. The highest BCUT2D eigenvalue weighted by molar-refractivity contribution is 5.88. The van der Waals surface area contributed by atoms with Gasteiger partial charge in [-0.05, 0) is 19.8 Å². The second-order valence-electron chi connectivity index (χ2n) is 3.36. The highest BCUT2D eigenvalue weighted by atomic mass is 16.6. The molecule has 82 valence electrons. The van der Waals surface area contributed by atoms with Gasteiger partial charge in [0.2, 0.25) is 0 Å². The molecule has 0 aromatic rings. The van der Waals surface area contributed by atoms with Crippen LogP contribution in [0.3, 0.4) is 0 Å². The Morgan fingerprint density at radius 3 is 2.07 bits per heavy atom. The van der Waals surface area contributed by atoms with Gasteiger partial charge in [0.15, 0.2) is 0 Å². The Hall–Kier alpha value is -1.10. The van der Waals surface area contributed by atoms with Crippen LogP contribution in [0.5, 0.6) is 0 Å². The quantitative estimate of drug-likeness (QED) is 0.562. The van der Waals surface area contributed by atoms with Gasteiger partial charge in [0.1, 0.15) is 5.60 Å². The lowest BCUT2D eigenvalue weighted by atomic mass is 10.0. The summed E-state index contributed by atoms with van der Waals surface area (Å²) in [7, 11) is 0. The van der Waals surface area contributed by atoms with Crippen LogP contribution in [-0.4, -0.2) is 27.9 Å². The van der Waals surface area contributed by atoms with Gasteiger partial charge in [-0.2, -0.15) is 0 Å². The van der Waals surface area contributed by atoms with Crippen LogP contribution in [0.4, 0.5) is 4.79 Å². The topological polar surface area (TPSA) is 66.8 Å². The Balaban J connectivity index is 4.37. The molecule has 0 rings (SSSR count). The SMILES string of the molecule is CCC(C)(CC)OC(=O)N(O)C(C)=O. The molecule has 0 heterocycles. The van der Waals surface area contributed by atoms with Crippen molar-refractivity contribution in [1.82, 2.24) is 5.06 Å². The van der Waals surface area contributed by atoms with Crippen LogP contribution in [0.2, 0.25) is 0 Å². The summed E-state index contributed by atoms with van der Waals surface area (Å²) in [5.41, 5.74) is -0.631. The molecule has 0 atom stereocenters. The van der Waals surface area contributed by atoms with Crippen molar-refractivity contribution in [3.8, 4) is 0 Å². The molecule has 0 spiro atoms. The summed E-state index contributed by atoms with van der Waals surface area (Å²) >= 11 is 0. The monoisotopic (exact) mass is 203 g/mol. The normalized spacial score (nSPS) is 10.9. The van der Waals surface area contributed by atoms with Gasteiger partial charge in [0.25, 0.3) is 5.91 Å². The van der Waals surface area contributed by atoms with Gasteiger partial charge in [-0.1, -0.05) is 13.8 Å². The smallest absolute Gasteiger partial charge is 0.441 e. The summed E-state index contributed by atoms with van der Waals surface area (Å²) in [6.45, 7) is 6.56. The summed E-state index contributed by atoms with van der Waals surface area (Å²) < 4.78 is 4.98. The maximum absolute atomic E-state index is 11.2. The van der Waals surface area contributed by atoms with Gasteiger partial charge in [-0.15, -0.1) is 5.06 Å². The number of rotatable bonds is 3. The third kappa shape index (κ3) is 3.33. The molecule has 0 aromatic carbocycles. The van der Waals surface area contributed by atoms with Crippen LogP contribution in [0.1, 0.15) is 40.5 Å². The summed E-state index contributed by atoms with van der Waals surface area (Å²) in [4.78, 5) is 21.8. The summed E-state index contributed by atoms with van der Waals surface area (Å²) in [6, 6.07) is 0. The molecule has 0 aromatic heterocycles. The van der Waals surface area contributed by atoms with Crippen LogP contribution in [-0.2, 0) is 9.53 Å². The van der Waals surface area contributed by atoms with E-state index in [2.05, 4.69) is 0 Å². The lowest BCUT2D eigenvalue weighted by Crippen LogP contribution is -2.39. The molecule has 0 bridgehead atoms. The predicted octanol–water partition coefficient (Wildman–Crippen LogP) is 1.94. The maximum Gasteiger partial charge on any atom is 0.441 e. The second-order valence-corrected chi connectivity index (χ2v) is 3.36. The molecule has 5 heteroatoms. The highest BCUT2D eigenvalue weighted by Gasteiger charge is 2.28. The maximum atomic E-state index is 11.2. The molecule has 0 radical (unpaired) electrons. The molecular formula is C9H17NO4. The van der Waals surface area contributed by atoms with E-state index in [-0.39, 0.29) is 5.06 Å². The zero-order valence-electron chi connectivity index (χ0n) is 9.03. The summed E-state index contributed by atoms with van der Waals surface area (Å²) in [5.74, 6) is -0.760. The second kappa shape index (κ2) is 4.95. The molecule has 0 aliphatic carbocycles. The third-order valence-corrected chi connectivity index (χ3v) is 2.30. The molecule has 0 aliphatic rings. The van der Waals surface area contributed by atoms with Gasteiger partial charge in [0, 0.05) is 6.92 Å². The summed E-state index contributed by atoms with van der Waals surface area (Å²) in [6.07, 6.45) is 0.228. The number of carbonyl (C=O) groups is 2. The van der Waals surface area contributed by atoms with E-state index in [1.165, 1.54) is 0 Å². The van der Waals surface area contributed by atoms with E-state index in [1.807, 2.05) is 13.8 Å². The first-order chi connectivity index (χ1) is 6.36. The first-order valence-corrected chi connectivity index (χ1v) is 4.59. The van der Waals surface area contributed by atoms with Crippen molar-refractivity contribution >= 4 is 12.0 Å². The van der Waals surface area contributed by atoms with Crippen molar-refractivity contribution in [3.63, 3.8) is 0 Å².